The topological polar surface area (TPSA) is 103 Å². The van der Waals surface area contributed by atoms with Crippen LogP contribution in [0.15, 0.2) is 36.5 Å². The summed E-state index contributed by atoms with van der Waals surface area (Å²) in [4.78, 5) is 31.7. The Hall–Kier alpha value is -3.73. The molecule has 1 saturated heterocycles. The molecule has 170 valence electrons. The molecule has 8 heteroatoms. The Balaban J connectivity index is 1.29. The van der Waals surface area contributed by atoms with E-state index in [1.807, 2.05) is 49.1 Å². The van der Waals surface area contributed by atoms with Gasteiger partial charge in [-0.3, -0.25) is 9.59 Å². The van der Waals surface area contributed by atoms with E-state index in [4.69, 9.17) is 0 Å². The van der Waals surface area contributed by atoms with Crippen LogP contribution in [0.2, 0.25) is 0 Å². The quantitative estimate of drug-likeness (QED) is 0.630. The van der Waals surface area contributed by atoms with Crippen LogP contribution in [0.5, 0.6) is 0 Å². The van der Waals surface area contributed by atoms with Crippen LogP contribution in [0, 0.1) is 31.1 Å². The van der Waals surface area contributed by atoms with Crippen LogP contribution < -0.4 is 5.32 Å². The molecule has 0 bridgehead atoms. The average molecular weight is 445 g/mol. The van der Waals surface area contributed by atoms with Crippen LogP contribution in [0.4, 0.5) is 0 Å². The number of piperidine rings is 1. The molecule has 2 aromatic heterocycles. The Morgan fingerprint density at radius 2 is 1.91 bits per heavy atom. The third-order valence-corrected chi connectivity index (χ3v) is 6.45. The maximum Gasteiger partial charge on any atom is 0.223 e. The lowest BCUT2D eigenvalue weighted by atomic mass is 9.95. The Labute approximate surface area is 193 Å². The number of hydrogen-bond acceptors (Lipinski definition) is 5. The minimum Gasteiger partial charge on any atom is -0.352 e. The molecule has 1 aromatic carbocycles. The van der Waals surface area contributed by atoms with Crippen molar-refractivity contribution in [3.05, 3.63) is 64.6 Å². The van der Waals surface area contributed by atoms with Crippen LogP contribution in [0.3, 0.4) is 0 Å². The second-order valence-electron chi connectivity index (χ2n) is 8.53. The zero-order valence-corrected chi connectivity index (χ0v) is 19.0. The van der Waals surface area contributed by atoms with Gasteiger partial charge in [-0.1, -0.05) is 30.3 Å². The monoisotopic (exact) mass is 444 g/mol. The van der Waals surface area contributed by atoms with Crippen LogP contribution in [0.25, 0.3) is 5.65 Å². The summed E-state index contributed by atoms with van der Waals surface area (Å²) >= 11 is 0. The van der Waals surface area contributed by atoms with Gasteiger partial charge in [0.15, 0.2) is 5.65 Å². The molecule has 1 fully saturated rings. The van der Waals surface area contributed by atoms with Gasteiger partial charge >= 0.3 is 0 Å². The van der Waals surface area contributed by atoms with E-state index in [1.54, 1.807) is 4.52 Å². The number of nitriles is 1. The molecule has 1 N–H and O–H groups in total. The number of hydrogen-bond donors (Lipinski definition) is 1. The number of aryl methyl sites for hydroxylation is 2. The average Bonchev–Trinajstić information content (AvgIpc) is 3.26. The second kappa shape index (κ2) is 9.82. The number of carbonyl (C=O) groups is 2. The van der Waals surface area contributed by atoms with Gasteiger partial charge < -0.3 is 10.2 Å². The van der Waals surface area contributed by atoms with Gasteiger partial charge in [0.1, 0.15) is 11.6 Å². The minimum atomic E-state index is -0.0528. The van der Waals surface area contributed by atoms with Crippen molar-refractivity contribution in [2.75, 3.05) is 13.1 Å². The van der Waals surface area contributed by atoms with Gasteiger partial charge in [-0.15, -0.1) is 0 Å². The fourth-order valence-electron chi connectivity index (χ4n) is 4.46. The smallest absolute Gasteiger partial charge is 0.223 e. The van der Waals surface area contributed by atoms with Gasteiger partial charge in [0.05, 0.1) is 6.20 Å². The molecule has 4 rings (SSSR count). The van der Waals surface area contributed by atoms with E-state index in [0.717, 1.165) is 22.5 Å². The molecule has 8 nitrogen and oxygen atoms in total. The number of nitrogens with one attached hydrogen (secondary N) is 1. The van der Waals surface area contributed by atoms with Gasteiger partial charge in [-0.25, -0.2) is 9.50 Å². The molecule has 0 radical (unpaired) electrons. The van der Waals surface area contributed by atoms with E-state index in [2.05, 4.69) is 21.5 Å². The standard InChI is InChI=1S/C25H28N6O2/c1-17-22(18(2)31-24(29-17)21(14-26)16-28-31)8-9-23(32)30-12-10-20(11-13-30)25(33)27-15-19-6-4-3-5-7-19/h3-7,16,20H,8-13,15H2,1-2H3,(H,27,33). The van der Waals surface area contributed by atoms with Crippen molar-refractivity contribution in [1.82, 2.24) is 24.8 Å². The zero-order valence-electron chi connectivity index (χ0n) is 19.0. The predicted octanol–water partition coefficient (Wildman–Crippen LogP) is 2.71. The van der Waals surface area contributed by atoms with Crippen LogP contribution in [0.1, 0.15) is 47.3 Å². The number of nitrogens with zero attached hydrogens (tertiary/aromatic N) is 5. The molecule has 2 amide bonds. The van der Waals surface area contributed by atoms with E-state index in [1.165, 1.54) is 6.20 Å². The summed E-state index contributed by atoms with van der Waals surface area (Å²) < 4.78 is 1.67. The third-order valence-electron chi connectivity index (χ3n) is 6.45. The molecule has 0 aliphatic carbocycles. The van der Waals surface area contributed by atoms with E-state index in [-0.39, 0.29) is 17.7 Å². The highest BCUT2D eigenvalue weighted by molar-refractivity contribution is 5.80. The summed E-state index contributed by atoms with van der Waals surface area (Å²) in [5.41, 5.74) is 4.78. The van der Waals surface area contributed by atoms with Crippen LogP contribution in [-0.2, 0) is 22.6 Å². The van der Waals surface area contributed by atoms with Crippen LogP contribution in [-0.4, -0.2) is 44.4 Å². The highest BCUT2D eigenvalue weighted by Crippen LogP contribution is 2.21. The number of aromatic nitrogens is 3. The molecule has 0 atom stereocenters. The number of likely N-dealkylation sites (tertiary alicyclic amines) is 1. The number of amides is 2. The predicted molar refractivity (Wildman–Crippen MR) is 123 cm³/mol. The van der Waals surface area contributed by atoms with Crippen molar-refractivity contribution in [3.8, 4) is 6.07 Å². The summed E-state index contributed by atoms with van der Waals surface area (Å²) in [7, 11) is 0. The summed E-state index contributed by atoms with van der Waals surface area (Å²) in [5, 5.41) is 16.5. The first-order valence-corrected chi connectivity index (χ1v) is 11.3. The maximum atomic E-state index is 12.8. The second-order valence-corrected chi connectivity index (χ2v) is 8.53. The fraction of sp³-hybridized carbons (Fsp3) is 0.400. The number of carbonyl (C=O) groups excluding carboxylic acids is 2. The van der Waals surface area contributed by atoms with E-state index in [9.17, 15) is 14.9 Å². The molecule has 33 heavy (non-hydrogen) atoms. The third kappa shape index (κ3) is 4.87. The lowest BCUT2D eigenvalue weighted by Gasteiger charge is -2.31. The lowest BCUT2D eigenvalue weighted by Crippen LogP contribution is -2.43. The van der Waals surface area contributed by atoms with Gasteiger partial charge in [0, 0.05) is 43.4 Å². The molecule has 0 saturated carbocycles. The van der Waals surface area contributed by atoms with Crippen molar-refractivity contribution in [2.45, 2.75) is 46.1 Å². The Morgan fingerprint density at radius 1 is 1.18 bits per heavy atom. The lowest BCUT2D eigenvalue weighted by molar-refractivity contribution is -0.135. The molecule has 1 aliphatic rings. The van der Waals surface area contributed by atoms with E-state index in [0.29, 0.717) is 56.5 Å². The van der Waals surface area contributed by atoms with Crippen molar-refractivity contribution < 1.29 is 9.59 Å². The fourth-order valence-corrected chi connectivity index (χ4v) is 4.46. The summed E-state index contributed by atoms with van der Waals surface area (Å²) in [6.07, 6.45) is 3.83. The van der Waals surface area contributed by atoms with Crippen molar-refractivity contribution in [1.29, 1.82) is 5.26 Å². The normalized spacial score (nSPS) is 14.3. The highest BCUT2D eigenvalue weighted by Gasteiger charge is 2.27. The van der Waals surface area contributed by atoms with Crippen LogP contribution >= 0.6 is 0 Å². The number of fused-ring (bicyclic) bond motifs is 1. The Morgan fingerprint density at radius 3 is 2.61 bits per heavy atom. The molecular weight excluding hydrogens is 416 g/mol. The molecule has 0 unspecified atom stereocenters. The molecule has 0 spiro atoms. The van der Waals surface area contributed by atoms with Gasteiger partial charge in [0.25, 0.3) is 0 Å². The zero-order chi connectivity index (χ0) is 23.4. The molecule has 1 aliphatic heterocycles. The first-order valence-electron chi connectivity index (χ1n) is 11.3. The molecule has 3 heterocycles. The Bertz CT molecular complexity index is 1200. The molecule has 3 aromatic rings. The maximum absolute atomic E-state index is 12.8. The number of rotatable bonds is 6. The van der Waals surface area contributed by atoms with Gasteiger partial charge in [-0.05, 0) is 44.2 Å². The minimum absolute atomic E-state index is 0.0528. The van der Waals surface area contributed by atoms with Crippen molar-refractivity contribution in [3.63, 3.8) is 0 Å². The first kappa shape index (κ1) is 22.5. The summed E-state index contributed by atoms with van der Waals surface area (Å²) in [6, 6.07) is 12.0. The molecular formula is C25H28N6O2. The van der Waals surface area contributed by atoms with Crippen molar-refractivity contribution in [2.24, 2.45) is 5.92 Å². The largest absolute Gasteiger partial charge is 0.352 e. The Kier molecular flexibility index (Phi) is 6.68. The van der Waals surface area contributed by atoms with E-state index < -0.39 is 0 Å². The summed E-state index contributed by atoms with van der Waals surface area (Å²) in [6.45, 7) is 5.57. The van der Waals surface area contributed by atoms with Gasteiger partial charge in [0.2, 0.25) is 11.8 Å². The van der Waals surface area contributed by atoms with E-state index >= 15 is 0 Å². The SMILES string of the molecule is Cc1nc2c(C#N)cnn2c(C)c1CCC(=O)N1CCC(C(=O)NCc2ccccc2)CC1. The first-order chi connectivity index (χ1) is 16.0. The highest BCUT2D eigenvalue weighted by atomic mass is 16.2. The van der Waals surface area contributed by atoms with Gasteiger partial charge in [-0.2, -0.15) is 10.4 Å². The van der Waals surface area contributed by atoms with Crippen molar-refractivity contribution >= 4 is 17.5 Å². The summed E-state index contributed by atoms with van der Waals surface area (Å²) in [5.74, 6) is 0.103. The number of benzene rings is 1.